The van der Waals surface area contributed by atoms with E-state index in [0.717, 1.165) is 5.75 Å². The van der Waals surface area contributed by atoms with E-state index in [1.54, 1.807) is 0 Å². The Kier molecular flexibility index (Phi) is 6.21. The van der Waals surface area contributed by atoms with Crippen LogP contribution >= 0.6 is 0 Å². The molecule has 21 heavy (non-hydrogen) atoms. The number of hydrogen-bond donors (Lipinski definition) is 1. The van der Waals surface area contributed by atoms with Gasteiger partial charge in [-0.2, -0.15) is 0 Å². The summed E-state index contributed by atoms with van der Waals surface area (Å²) in [6.07, 6.45) is 0.440. The minimum absolute atomic E-state index is 0.102. The molecular weight excluding hydrogens is 266 g/mol. The maximum Gasteiger partial charge on any atom is 0.325 e. The average molecular weight is 293 g/mol. The molecule has 0 amide bonds. The third kappa shape index (κ3) is 5.05. The third-order valence-corrected chi connectivity index (χ3v) is 3.43. The van der Waals surface area contributed by atoms with Crippen molar-refractivity contribution in [3.05, 3.63) is 29.3 Å². The van der Waals surface area contributed by atoms with E-state index in [2.05, 4.69) is 11.4 Å². The lowest BCUT2D eigenvalue weighted by Gasteiger charge is -2.30. The van der Waals surface area contributed by atoms with Crippen molar-refractivity contribution in [1.82, 2.24) is 5.32 Å². The standard InChI is InChI=1S/C17H27NO3/c1-7-18-17(5,16(19)20-6)11-14(4)21-15-9-12(2)8-13(3)10-15/h8-10,14,18H,7,11H2,1-6H3. The van der Waals surface area contributed by atoms with Gasteiger partial charge in [-0.15, -0.1) is 0 Å². The van der Waals surface area contributed by atoms with Crippen molar-refractivity contribution in [2.24, 2.45) is 0 Å². The van der Waals surface area contributed by atoms with E-state index in [9.17, 15) is 4.79 Å². The Labute approximate surface area is 127 Å². The van der Waals surface area contributed by atoms with E-state index < -0.39 is 5.54 Å². The van der Waals surface area contributed by atoms with Crippen LogP contribution in [-0.2, 0) is 9.53 Å². The summed E-state index contributed by atoms with van der Waals surface area (Å²) >= 11 is 0. The van der Waals surface area contributed by atoms with Gasteiger partial charge in [0, 0.05) is 6.42 Å². The molecule has 1 aromatic carbocycles. The topological polar surface area (TPSA) is 47.6 Å². The summed E-state index contributed by atoms with van der Waals surface area (Å²) in [6.45, 7) is 10.6. The van der Waals surface area contributed by atoms with Gasteiger partial charge in [0.15, 0.2) is 0 Å². The molecule has 4 nitrogen and oxygen atoms in total. The first-order valence-corrected chi connectivity index (χ1v) is 7.39. The number of ether oxygens (including phenoxy) is 2. The van der Waals surface area contributed by atoms with Crippen molar-refractivity contribution in [3.8, 4) is 5.75 Å². The van der Waals surface area contributed by atoms with Crippen molar-refractivity contribution >= 4 is 5.97 Å². The van der Waals surface area contributed by atoms with Gasteiger partial charge in [-0.25, -0.2) is 0 Å². The zero-order chi connectivity index (χ0) is 16.0. The summed E-state index contributed by atoms with van der Waals surface area (Å²) < 4.78 is 10.9. The molecule has 0 radical (unpaired) electrons. The van der Waals surface area contributed by atoms with Crippen molar-refractivity contribution in [2.75, 3.05) is 13.7 Å². The quantitative estimate of drug-likeness (QED) is 0.785. The van der Waals surface area contributed by atoms with Crippen LogP contribution in [0.5, 0.6) is 5.75 Å². The summed E-state index contributed by atoms with van der Waals surface area (Å²) in [5, 5.41) is 3.19. The second-order valence-electron chi connectivity index (χ2n) is 5.81. The lowest BCUT2D eigenvalue weighted by atomic mass is 9.94. The summed E-state index contributed by atoms with van der Waals surface area (Å²) in [5.41, 5.74) is 1.60. The molecule has 118 valence electrons. The SMILES string of the molecule is CCNC(C)(CC(C)Oc1cc(C)cc(C)c1)C(=O)OC. The Morgan fingerprint density at radius 1 is 1.29 bits per heavy atom. The van der Waals surface area contributed by atoms with E-state index in [4.69, 9.17) is 9.47 Å². The van der Waals surface area contributed by atoms with Crippen LogP contribution in [0.2, 0.25) is 0 Å². The zero-order valence-corrected chi connectivity index (χ0v) is 13.9. The number of nitrogens with one attached hydrogen (secondary N) is 1. The minimum atomic E-state index is -0.734. The fourth-order valence-electron chi connectivity index (χ4n) is 2.69. The van der Waals surface area contributed by atoms with Gasteiger partial charge in [0.2, 0.25) is 0 Å². The van der Waals surface area contributed by atoms with Crippen LogP contribution in [0.3, 0.4) is 0 Å². The van der Waals surface area contributed by atoms with Crippen LogP contribution < -0.4 is 10.1 Å². The fraction of sp³-hybridized carbons (Fsp3) is 0.588. The second kappa shape index (κ2) is 7.46. The van der Waals surface area contributed by atoms with Crippen molar-refractivity contribution in [2.45, 2.75) is 52.7 Å². The molecule has 4 heteroatoms. The highest BCUT2D eigenvalue weighted by Gasteiger charge is 2.35. The van der Waals surface area contributed by atoms with Gasteiger partial charge < -0.3 is 14.8 Å². The molecule has 0 saturated carbocycles. The molecule has 0 saturated heterocycles. The number of carbonyl (C=O) groups excluding carboxylic acids is 1. The monoisotopic (exact) mass is 293 g/mol. The van der Waals surface area contributed by atoms with E-state index >= 15 is 0 Å². The molecule has 0 heterocycles. The molecule has 0 spiro atoms. The second-order valence-corrected chi connectivity index (χ2v) is 5.81. The molecule has 0 bridgehead atoms. The number of rotatable bonds is 7. The highest BCUT2D eigenvalue weighted by Crippen LogP contribution is 2.22. The first-order valence-electron chi connectivity index (χ1n) is 7.39. The van der Waals surface area contributed by atoms with Crippen LogP contribution in [0.1, 0.15) is 38.3 Å². The molecule has 1 rings (SSSR count). The number of benzene rings is 1. The molecule has 0 aromatic heterocycles. The van der Waals surface area contributed by atoms with E-state index in [-0.39, 0.29) is 12.1 Å². The van der Waals surface area contributed by atoms with Gasteiger partial charge in [0.25, 0.3) is 0 Å². The highest BCUT2D eigenvalue weighted by molar-refractivity contribution is 5.80. The van der Waals surface area contributed by atoms with E-state index in [1.807, 2.05) is 46.8 Å². The summed E-state index contributed by atoms with van der Waals surface area (Å²) in [7, 11) is 1.41. The summed E-state index contributed by atoms with van der Waals surface area (Å²) in [5.74, 6) is 0.573. The van der Waals surface area contributed by atoms with Gasteiger partial charge in [-0.1, -0.05) is 13.0 Å². The molecular formula is C17H27NO3. The number of hydrogen-bond acceptors (Lipinski definition) is 4. The number of methoxy groups -OCH3 is 1. The Bertz CT molecular complexity index is 467. The van der Waals surface area contributed by atoms with Gasteiger partial charge in [-0.3, -0.25) is 4.79 Å². The van der Waals surface area contributed by atoms with Crippen LogP contribution in [0, 0.1) is 13.8 Å². The van der Waals surface area contributed by atoms with Crippen molar-refractivity contribution < 1.29 is 14.3 Å². The minimum Gasteiger partial charge on any atom is -0.491 e. The number of likely N-dealkylation sites (N-methyl/N-ethyl adjacent to an activating group) is 1. The average Bonchev–Trinajstić information content (AvgIpc) is 2.36. The third-order valence-electron chi connectivity index (χ3n) is 3.43. The van der Waals surface area contributed by atoms with Gasteiger partial charge >= 0.3 is 5.97 Å². The fourth-order valence-corrected chi connectivity index (χ4v) is 2.69. The molecule has 2 unspecified atom stereocenters. The predicted octanol–water partition coefficient (Wildman–Crippen LogP) is 3.00. The maximum absolute atomic E-state index is 12.0. The Morgan fingerprint density at radius 2 is 1.86 bits per heavy atom. The van der Waals surface area contributed by atoms with Gasteiger partial charge in [-0.05, 0) is 57.5 Å². The molecule has 2 atom stereocenters. The van der Waals surface area contributed by atoms with E-state index in [0.29, 0.717) is 13.0 Å². The number of carbonyl (C=O) groups is 1. The normalized spacial score (nSPS) is 15.1. The highest BCUT2D eigenvalue weighted by atomic mass is 16.5. The molecule has 0 fully saturated rings. The van der Waals surface area contributed by atoms with Crippen LogP contribution in [0.15, 0.2) is 18.2 Å². The largest absolute Gasteiger partial charge is 0.491 e. The molecule has 0 aliphatic carbocycles. The Balaban J connectivity index is 2.78. The first-order chi connectivity index (χ1) is 9.80. The molecule has 1 N–H and O–H groups in total. The van der Waals surface area contributed by atoms with E-state index in [1.165, 1.54) is 18.2 Å². The lowest BCUT2D eigenvalue weighted by Crippen LogP contribution is -2.52. The number of aryl methyl sites for hydroxylation is 2. The zero-order valence-electron chi connectivity index (χ0n) is 13.9. The van der Waals surface area contributed by atoms with Crippen molar-refractivity contribution in [3.63, 3.8) is 0 Å². The Morgan fingerprint density at radius 3 is 2.33 bits per heavy atom. The molecule has 0 aliphatic heterocycles. The maximum atomic E-state index is 12.0. The smallest absolute Gasteiger partial charge is 0.325 e. The first kappa shape index (κ1) is 17.5. The van der Waals surface area contributed by atoms with Crippen LogP contribution in [-0.4, -0.2) is 31.3 Å². The molecule has 0 aliphatic rings. The Hall–Kier alpha value is -1.55. The molecule has 1 aromatic rings. The van der Waals surface area contributed by atoms with Crippen molar-refractivity contribution in [1.29, 1.82) is 0 Å². The summed E-state index contributed by atoms with van der Waals surface area (Å²) in [4.78, 5) is 12.0. The lowest BCUT2D eigenvalue weighted by molar-refractivity contribution is -0.149. The summed E-state index contributed by atoms with van der Waals surface area (Å²) in [6, 6.07) is 6.12. The van der Waals surface area contributed by atoms with Crippen LogP contribution in [0.25, 0.3) is 0 Å². The van der Waals surface area contributed by atoms with Gasteiger partial charge in [0.1, 0.15) is 11.3 Å². The van der Waals surface area contributed by atoms with Gasteiger partial charge in [0.05, 0.1) is 13.2 Å². The predicted molar refractivity (Wildman–Crippen MR) is 84.7 cm³/mol. The van der Waals surface area contributed by atoms with Crippen LogP contribution in [0.4, 0.5) is 0 Å². The number of esters is 1.